The highest BCUT2D eigenvalue weighted by Crippen LogP contribution is 2.46. The zero-order valence-electron chi connectivity index (χ0n) is 30.2. The van der Waals surface area contributed by atoms with Crippen molar-refractivity contribution in [3.05, 3.63) is 93.8 Å². The summed E-state index contributed by atoms with van der Waals surface area (Å²) in [4.78, 5) is 21.6. The van der Waals surface area contributed by atoms with Gasteiger partial charge in [-0.05, 0) is 110 Å². The SMILES string of the molecule is c1nc2c3cc1Oc1cnc4c(c1)c1nc(c5n1c1c(ccc(C6CCCCC6)c41)CC5)CCc1nc3n3c1CCc1ccc(C4CCCCC4)c2c13. The fraction of sp³-hybridized carbons (Fsp3) is 0.391. The van der Waals surface area contributed by atoms with Crippen molar-refractivity contribution < 1.29 is 4.74 Å². The Labute approximate surface area is 307 Å². The minimum atomic E-state index is 0.574. The predicted molar refractivity (Wildman–Crippen MR) is 210 cm³/mol. The first-order chi connectivity index (χ1) is 26.3. The molecule has 8 aromatic rings. The topological polar surface area (TPSA) is 69.6 Å². The molecule has 0 atom stereocenters. The van der Waals surface area contributed by atoms with Crippen LogP contribution in [0.25, 0.3) is 54.9 Å². The monoisotopic (exact) mass is 694 g/mol. The number of ether oxygens (including phenoxy) is 1. The fourth-order valence-electron chi connectivity index (χ4n) is 11.6. The van der Waals surface area contributed by atoms with Crippen LogP contribution >= 0.6 is 0 Å². The molecule has 8 bridgehead atoms. The first-order valence-corrected chi connectivity index (χ1v) is 20.5. The molecule has 0 saturated heterocycles. The van der Waals surface area contributed by atoms with Gasteiger partial charge in [-0.2, -0.15) is 0 Å². The first-order valence-electron chi connectivity index (χ1n) is 20.5. The highest BCUT2D eigenvalue weighted by atomic mass is 16.5. The van der Waals surface area contributed by atoms with Crippen molar-refractivity contribution in [2.75, 3.05) is 0 Å². The summed E-state index contributed by atoms with van der Waals surface area (Å²) in [7, 11) is 0. The lowest BCUT2D eigenvalue weighted by molar-refractivity contribution is 0.445. The molecule has 0 amide bonds. The zero-order chi connectivity index (χ0) is 34.4. The summed E-state index contributed by atoms with van der Waals surface area (Å²) in [6, 6.07) is 14.1. The van der Waals surface area contributed by atoms with Gasteiger partial charge in [0.15, 0.2) is 0 Å². The molecule has 6 aromatic heterocycles. The molecule has 53 heavy (non-hydrogen) atoms. The molecular formula is C46H42N6O. The Kier molecular flexibility index (Phi) is 5.98. The van der Waals surface area contributed by atoms with Crippen LogP contribution in [0.5, 0.6) is 11.5 Å². The summed E-state index contributed by atoms with van der Waals surface area (Å²) in [6.07, 6.45) is 22.7. The minimum Gasteiger partial charge on any atom is -0.454 e. The van der Waals surface area contributed by atoms with Gasteiger partial charge < -0.3 is 4.74 Å². The molecule has 2 aromatic carbocycles. The molecule has 2 fully saturated rings. The van der Waals surface area contributed by atoms with Crippen LogP contribution in [0.4, 0.5) is 0 Å². The van der Waals surface area contributed by atoms with E-state index in [-0.39, 0.29) is 0 Å². The zero-order valence-corrected chi connectivity index (χ0v) is 30.2. The second-order valence-corrected chi connectivity index (χ2v) is 16.8. The summed E-state index contributed by atoms with van der Waals surface area (Å²) in [5.41, 5.74) is 17.8. The molecule has 7 nitrogen and oxygen atoms in total. The number of aryl methyl sites for hydroxylation is 6. The van der Waals surface area contributed by atoms with Gasteiger partial charge in [-0.15, -0.1) is 0 Å². The summed E-state index contributed by atoms with van der Waals surface area (Å²) >= 11 is 0. The van der Waals surface area contributed by atoms with E-state index in [1.165, 1.54) is 131 Å². The molecule has 2 aliphatic carbocycles. The lowest BCUT2D eigenvalue weighted by atomic mass is 9.81. The van der Waals surface area contributed by atoms with Gasteiger partial charge in [0.2, 0.25) is 0 Å². The quantitative estimate of drug-likeness (QED) is 0.169. The van der Waals surface area contributed by atoms with E-state index in [0.717, 1.165) is 83.1 Å². The molecule has 3 aliphatic heterocycles. The summed E-state index contributed by atoms with van der Waals surface area (Å²) in [5, 5.41) is 4.84. The van der Waals surface area contributed by atoms with Crippen molar-refractivity contribution in [2.45, 2.75) is 115 Å². The van der Waals surface area contributed by atoms with Gasteiger partial charge >= 0.3 is 0 Å². The van der Waals surface area contributed by atoms with Gasteiger partial charge in [-0.1, -0.05) is 62.8 Å². The Balaban J connectivity index is 1.10. The van der Waals surface area contributed by atoms with Crippen molar-refractivity contribution in [2.24, 2.45) is 0 Å². The van der Waals surface area contributed by atoms with E-state index in [0.29, 0.717) is 11.8 Å². The van der Waals surface area contributed by atoms with Gasteiger partial charge in [-0.25, -0.2) is 9.97 Å². The standard InChI is InChI=1S/C46H42N6O/c1-3-7-25(8-4-1)31-15-11-27-13-19-37-35-17-18-36-38-20-14-28-12-16-32(26-9-5-2-6-10-26)40-42-34(46(50-36)52(38)44(28)40)22-30(24-48-42)53-29-21-33-41(47-23-29)39(31)43(27)51(37)45(33)49-35/h11-12,15-16,21-26H,1-10,13-14,17-20H2. The predicted octanol–water partition coefficient (Wildman–Crippen LogP) is 10.6. The van der Waals surface area contributed by atoms with E-state index >= 15 is 0 Å². The van der Waals surface area contributed by atoms with E-state index < -0.39 is 0 Å². The molecule has 0 N–H and O–H groups in total. The van der Waals surface area contributed by atoms with Crippen molar-refractivity contribution in [3.8, 4) is 11.5 Å². The maximum absolute atomic E-state index is 6.78. The van der Waals surface area contributed by atoms with Crippen LogP contribution in [0.3, 0.4) is 0 Å². The van der Waals surface area contributed by atoms with Crippen molar-refractivity contribution in [1.82, 2.24) is 28.7 Å². The number of imidazole rings is 2. The third-order valence-corrected chi connectivity index (χ3v) is 14.0. The molecule has 2 saturated carbocycles. The smallest absolute Gasteiger partial charge is 0.147 e. The van der Waals surface area contributed by atoms with Crippen molar-refractivity contribution in [1.29, 1.82) is 0 Å². The fourth-order valence-corrected chi connectivity index (χ4v) is 11.6. The normalized spacial score (nSPS) is 18.9. The average Bonchev–Trinajstić information content (AvgIpc) is 3.79. The van der Waals surface area contributed by atoms with Crippen molar-refractivity contribution in [3.63, 3.8) is 0 Å². The maximum atomic E-state index is 6.78. The number of benzene rings is 2. The summed E-state index contributed by atoms with van der Waals surface area (Å²) in [5.74, 6) is 2.59. The van der Waals surface area contributed by atoms with E-state index in [4.69, 9.17) is 24.7 Å². The van der Waals surface area contributed by atoms with E-state index in [1.807, 2.05) is 12.4 Å². The second-order valence-electron chi connectivity index (χ2n) is 16.8. The maximum Gasteiger partial charge on any atom is 0.147 e. The van der Waals surface area contributed by atoms with E-state index in [2.05, 4.69) is 45.2 Å². The van der Waals surface area contributed by atoms with E-state index in [1.54, 1.807) is 0 Å². The number of aromatic nitrogens is 6. The van der Waals surface area contributed by atoms with Crippen LogP contribution in [-0.4, -0.2) is 28.7 Å². The van der Waals surface area contributed by atoms with Crippen LogP contribution < -0.4 is 4.74 Å². The number of nitrogens with zero attached hydrogens (tertiary/aromatic N) is 6. The Morgan fingerprint density at radius 2 is 1.00 bits per heavy atom. The molecule has 0 radical (unpaired) electrons. The third kappa shape index (κ3) is 4.00. The molecular weight excluding hydrogens is 653 g/mol. The summed E-state index contributed by atoms with van der Waals surface area (Å²) in [6.45, 7) is 0. The van der Waals surface area contributed by atoms with Gasteiger partial charge in [0.25, 0.3) is 0 Å². The number of hydrogen-bond acceptors (Lipinski definition) is 5. The molecule has 5 aliphatic rings. The third-order valence-electron chi connectivity index (χ3n) is 14.0. The Morgan fingerprint density at radius 3 is 1.47 bits per heavy atom. The molecule has 9 heterocycles. The van der Waals surface area contributed by atoms with Crippen LogP contribution in [0, 0.1) is 0 Å². The van der Waals surface area contributed by atoms with Gasteiger partial charge in [-0.3, -0.25) is 18.8 Å². The molecule has 13 rings (SSSR count). The van der Waals surface area contributed by atoms with Crippen molar-refractivity contribution >= 4 is 54.9 Å². The first kappa shape index (κ1) is 29.4. The molecule has 262 valence electrons. The van der Waals surface area contributed by atoms with Crippen LogP contribution in [-0.2, 0) is 38.5 Å². The molecule has 0 spiro atoms. The minimum absolute atomic E-state index is 0.574. The molecule has 7 heteroatoms. The number of hydrogen-bond donors (Lipinski definition) is 0. The van der Waals surface area contributed by atoms with Crippen LogP contribution in [0.2, 0.25) is 0 Å². The number of pyridine rings is 4. The Morgan fingerprint density at radius 1 is 0.528 bits per heavy atom. The summed E-state index contributed by atoms with van der Waals surface area (Å²) < 4.78 is 11.8. The van der Waals surface area contributed by atoms with Crippen LogP contribution in [0.15, 0.2) is 48.8 Å². The van der Waals surface area contributed by atoms with Gasteiger partial charge in [0.1, 0.15) is 22.8 Å². The van der Waals surface area contributed by atoms with Gasteiger partial charge in [0, 0.05) is 32.9 Å². The Bertz CT molecular complexity index is 2710. The Hall–Kier alpha value is -5.04. The molecule has 0 unspecified atom stereocenters. The number of rotatable bonds is 2. The highest BCUT2D eigenvalue weighted by Gasteiger charge is 2.31. The van der Waals surface area contributed by atoms with Crippen LogP contribution in [0.1, 0.15) is 121 Å². The number of fused-ring (bicyclic) bond motifs is 8. The van der Waals surface area contributed by atoms with Gasteiger partial charge in [0.05, 0.1) is 45.8 Å². The second kappa shape index (κ2) is 10.8. The largest absolute Gasteiger partial charge is 0.454 e. The lowest BCUT2D eigenvalue weighted by Gasteiger charge is -2.26. The average molecular weight is 695 g/mol. The lowest BCUT2D eigenvalue weighted by Crippen LogP contribution is -2.13. The highest BCUT2D eigenvalue weighted by molar-refractivity contribution is 6.14. The van der Waals surface area contributed by atoms with E-state index in [9.17, 15) is 0 Å².